The maximum atomic E-state index is 11.8. The topological polar surface area (TPSA) is 35.6 Å². The molecule has 0 spiro atoms. The van der Waals surface area contributed by atoms with E-state index in [4.69, 9.17) is 0 Å². The number of nitrogens with zero attached hydrogens (tertiary/aromatic N) is 2. The summed E-state index contributed by atoms with van der Waals surface area (Å²) in [6, 6.07) is 0.272. The molecule has 0 radical (unpaired) electrons. The molecule has 4 heteroatoms. The number of hydrogen-bond acceptors (Lipinski definition) is 3. The normalized spacial score (nSPS) is 12.9. The number of carbonyl (C=O) groups is 1. The minimum absolute atomic E-state index is 0.229. The summed E-state index contributed by atoms with van der Waals surface area (Å²) in [4.78, 5) is 15.7. The van der Waals surface area contributed by atoms with Crippen molar-refractivity contribution in [1.82, 2.24) is 15.1 Å². The zero-order valence-electron chi connectivity index (χ0n) is 11.4. The lowest BCUT2D eigenvalue weighted by molar-refractivity contribution is -0.130. The van der Waals surface area contributed by atoms with E-state index in [-0.39, 0.29) is 11.9 Å². The highest BCUT2D eigenvalue weighted by Gasteiger charge is 2.12. The van der Waals surface area contributed by atoms with E-state index in [0.717, 1.165) is 26.1 Å². The van der Waals surface area contributed by atoms with Crippen LogP contribution in [-0.4, -0.2) is 62.5 Å². The van der Waals surface area contributed by atoms with Gasteiger partial charge in [0.15, 0.2) is 0 Å². The average molecular weight is 229 g/mol. The Morgan fingerprint density at radius 1 is 1.25 bits per heavy atom. The van der Waals surface area contributed by atoms with Crippen molar-refractivity contribution in [3.63, 3.8) is 0 Å². The van der Waals surface area contributed by atoms with Gasteiger partial charge in [-0.3, -0.25) is 4.79 Å². The minimum Gasteiger partial charge on any atom is -0.346 e. The van der Waals surface area contributed by atoms with Crippen molar-refractivity contribution < 1.29 is 4.79 Å². The highest BCUT2D eigenvalue weighted by Crippen LogP contribution is 1.98. The van der Waals surface area contributed by atoms with Crippen LogP contribution in [0.3, 0.4) is 0 Å². The Bertz CT molecular complexity index is 195. The van der Waals surface area contributed by atoms with Crippen molar-refractivity contribution in [2.45, 2.75) is 32.7 Å². The summed E-state index contributed by atoms with van der Waals surface area (Å²) in [7, 11) is 5.99. The molecule has 0 aromatic heterocycles. The molecule has 0 aliphatic carbocycles. The Morgan fingerprint density at radius 3 is 2.38 bits per heavy atom. The second kappa shape index (κ2) is 8.53. The van der Waals surface area contributed by atoms with Crippen LogP contribution in [0.4, 0.5) is 0 Å². The van der Waals surface area contributed by atoms with Crippen molar-refractivity contribution in [1.29, 1.82) is 0 Å². The standard InChI is InChI=1S/C12H27N3O/c1-6-13-11(2)10-12(16)15(5)9-7-8-14(3)4/h11,13H,6-10H2,1-5H3. The van der Waals surface area contributed by atoms with Gasteiger partial charge in [0, 0.05) is 26.1 Å². The lowest BCUT2D eigenvalue weighted by atomic mass is 10.2. The predicted octanol–water partition coefficient (Wildman–Crippen LogP) is 0.785. The Hall–Kier alpha value is -0.610. The number of rotatable bonds is 8. The molecule has 0 aromatic rings. The molecule has 0 fully saturated rings. The van der Waals surface area contributed by atoms with Gasteiger partial charge < -0.3 is 15.1 Å². The van der Waals surface area contributed by atoms with Crippen molar-refractivity contribution in [2.24, 2.45) is 0 Å². The summed E-state index contributed by atoms with van der Waals surface area (Å²) < 4.78 is 0. The van der Waals surface area contributed by atoms with E-state index in [1.807, 2.05) is 11.9 Å². The van der Waals surface area contributed by atoms with Gasteiger partial charge in [-0.1, -0.05) is 6.92 Å². The van der Waals surface area contributed by atoms with Crippen LogP contribution >= 0.6 is 0 Å². The first-order chi connectivity index (χ1) is 7.47. The molecule has 0 aliphatic rings. The molecule has 1 atom stereocenters. The first-order valence-electron chi connectivity index (χ1n) is 6.09. The SMILES string of the molecule is CCNC(C)CC(=O)N(C)CCCN(C)C. The van der Waals surface area contributed by atoms with Crippen LogP contribution in [0.15, 0.2) is 0 Å². The molecular formula is C12H27N3O. The third-order valence-corrected chi connectivity index (χ3v) is 2.56. The molecule has 1 N–H and O–H groups in total. The molecule has 0 rings (SSSR count). The fourth-order valence-corrected chi connectivity index (χ4v) is 1.59. The second-order valence-electron chi connectivity index (χ2n) is 4.63. The summed E-state index contributed by atoms with van der Waals surface area (Å²) >= 11 is 0. The van der Waals surface area contributed by atoms with Crippen LogP contribution < -0.4 is 5.32 Å². The molecule has 0 bridgehead atoms. The molecular weight excluding hydrogens is 202 g/mol. The molecule has 0 aliphatic heterocycles. The summed E-state index contributed by atoms with van der Waals surface area (Å²) in [6.45, 7) is 6.89. The first kappa shape index (κ1) is 15.4. The fraction of sp³-hybridized carbons (Fsp3) is 0.917. The zero-order valence-corrected chi connectivity index (χ0v) is 11.4. The maximum absolute atomic E-state index is 11.8. The van der Waals surface area contributed by atoms with Crippen molar-refractivity contribution in [2.75, 3.05) is 40.8 Å². The number of hydrogen-bond donors (Lipinski definition) is 1. The highest BCUT2D eigenvalue weighted by atomic mass is 16.2. The van der Waals surface area contributed by atoms with E-state index in [0.29, 0.717) is 6.42 Å². The van der Waals surface area contributed by atoms with E-state index < -0.39 is 0 Å². The lowest BCUT2D eigenvalue weighted by Crippen LogP contribution is -2.35. The Kier molecular flexibility index (Phi) is 8.21. The van der Waals surface area contributed by atoms with Gasteiger partial charge in [-0.25, -0.2) is 0 Å². The molecule has 1 amide bonds. The summed E-state index contributed by atoms with van der Waals surface area (Å²) in [5.74, 6) is 0.229. The van der Waals surface area contributed by atoms with E-state index >= 15 is 0 Å². The molecule has 0 heterocycles. The third kappa shape index (κ3) is 7.65. The van der Waals surface area contributed by atoms with Crippen molar-refractivity contribution >= 4 is 5.91 Å². The van der Waals surface area contributed by atoms with Crippen LogP contribution in [0.1, 0.15) is 26.7 Å². The van der Waals surface area contributed by atoms with Gasteiger partial charge in [0.1, 0.15) is 0 Å². The van der Waals surface area contributed by atoms with Crippen LogP contribution in [0.25, 0.3) is 0 Å². The Labute approximate surface area is 100.0 Å². The van der Waals surface area contributed by atoms with E-state index in [1.165, 1.54) is 0 Å². The van der Waals surface area contributed by atoms with E-state index in [2.05, 4.69) is 38.2 Å². The summed E-state index contributed by atoms with van der Waals surface area (Å²) in [6.07, 6.45) is 1.62. The van der Waals surface area contributed by atoms with Gasteiger partial charge in [-0.2, -0.15) is 0 Å². The summed E-state index contributed by atoms with van der Waals surface area (Å²) in [5, 5.41) is 3.25. The van der Waals surface area contributed by atoms with Crippen molar-refractivity contribution in [3.8, 4) is 0 Å². The molecule has 0 saturated carbocycles. The number of amides is 1. The number of carbonyl (C=O) groups excluding carboxylic acids is 1. The average Bonchev–Trinajstić information content (AvgIpc) is 2.17. The zero-order chi connectivity index (χ0) is 12.6. The molecule has 96 valence electrons. The minimum atomic E-state index is 0.229. The first-order valence-corrected chi connectivity index (χ1v) is 6.09. The van der Waals surface area contributed by atoms with Gasteiger partial charge in [0.25, 0.3) is 0 Å². The Balaban J connectivity index is 3.72. The molecule has 16 heavy (non-hydrogen) atoms. The van der Waals surface area contributed by atoms with Crippen LogP contribution in [0.2, 0.25) is 0 Å². The van der Waals surface area contributed by atoms with Gasteiger partial charge in [-0.15, -0.1) is 0 Å². The molecule has 1 unspecified atom stereocenters. The van der Waals surface area contributed by atoms with E-state index in [9.17, 15) is 4.79 Å². The van der Waals surface area contributed by atoms with Gasteiger partial charge in [-0.05, 0) is 40.5 Å². The maximum Gasteiger partial charge on any atom is 0.223 e. The van der Waals surface area contributed by atoms with Gasteiger partial charge >= 0.3 is 0 Å². The van der Waals surface area contributed by atoms with Gasteiger partial charge in [0.2, 0.25) is 5.91 Å². The smallest absolute Gasteiger partial charge is 0.223 e. The monoisotopic (exact) mass is 229 g/mol. The van der Waals surface area contributed by atoms with Crippen molar-refractivity contribution in [3.05, 3.63) is 0 Å². The third-order valence-electron chi connectivity index (χ3n) is 2.56. The molecule has 0 saturated heterocycles. The predicted molar refractivity (Wildman–Crippen MR) is 68.6 cm³/mol. The lowest BCUT2D eigenvalue weighted by Gasteiger charge is -2.20. The van der Waals surface area contributed by atoms with Gasteiger partial charge in [0.05, 0.1) is 0 Å². The second-order valence-corrected chi connectivity index (χ2v) is 4.63. The largest absolute Gasteiger partial charge is 0.346 e. The Morgan fingerprint density at radius 2 is 1.88 bits per heavy atom. The van der Waals surface area contributed by atoms with E-state index in [1.54, 1.807) is 0 Å². The molecule has 4 nitrogen and oxygen atoms in total. The highest BCUT2D eigenvalue weighted by molar-refractivity contribution is 5.76. The quantitative estimate of drug-likeness (QED) is 0.668. The van der Waals surface area contributed by atoms with Crippen LogP contribution in [0.5, 0.6) is 0 Å². The van der Waals surface area contributed by atoms with Crippen LogP contribution in [-0.2, 0) is 4.79 Å². The summed E-state index contributed by atoms with van der Waals surface area (Å²) in [5.41, 5.74) is 0. The molecule has 0 aromatic carbocycles. The number of nitrogens with one attached hydrogen (secondary N) is 1. The van der Waals surface area contributed by atoms with Crippen LogP contribution in [0, 0.1) is 0 Å². The fourth-order valence-electron chi connectivity index (χ4n) is 1.59.